The molecular weight excluding hydrogens is 548 g/mol. The summed E-state index contributed by atoms with van der Waals surface area (Å²) in [6.07, 6.45) is 0.826. The number of hydrogen-bond acceptors (Lipinski definition) is 8. The van der Waals surface area contributed by atoms with Crippen LogP contribution in [0.25, 0.3) is 64.8 Å². The first kappa shape index (κ1) is 27.1. The lowest BCUT2D eigenvalue weighted by molar-refractivity contribution is 0.381. The van der Waals surface area contributed by atoms with Gasteiger partial charge in [0.1, 0.15) is 11.5 Å². The third-order valence-corrected chi connectivity index (χ3v) is 9.10. The molecular formula is C34H32N2O7. The SMILES string of the molecule is COc1c(O)c2c(=O)cc(OC)c3c4c(OC)cc(=O)c5c(O)c6c7c(c(C)cc1c(c23)c7c54)c(C)n6CCCN(C)C. The monoisotopic (exact) mass is 580 g/mol. The van der Waals surface area contributed by atoms with Gasteiger partial charge in [0, 0.05) is 72.8 Å². The highest BCUT2D eigenvalue weighted by Crippen LogP contribution is 2.56. The number of benzene rings is 5. The molecule has 6 aromatic carbocycles. The van der Waals surface area contributed by atoms with Gasteiger partial charge in [0.05, 0.1) is 37.6 Å². The maximum absolute atomic E-state index is 13.9. The molecule has 0 unspecified atom stereocenters. The standard InChI is InChI=1S/C34H32N2O7/c1-14-11-16-22-27-24(33(40)34(16)43-7)18(38)13-19(41-5)25(27)26-20(42-6)12-17(37)23-29(26)28(22)30-21(14)15(2)36(31(30)32(23)39)10-8-9-35(3)4/h11-13,39-40H,8-10H2,1-7H3. The summed E-state index contributed by atoms with van der Waals surface area (Å²) < 4.78 is 19.4. The Bertz CT molecular complexity index is 2390. The van der Waals surface area contributed by atoms with Crippen LogP contribution in [0.5, 0.6) is 28.7 Å². The topological polar surface area (TPSA) is 110 Å². The molecule has 7 rings (SSSR count). The zero-order valence-electron chi connectivity index (χ0n) is 25.2. The second-order valence-electron chi connectivity index (χ2n) is 11.6. The highest BCUT2D eigenvalue weighted by atomic mass is 16.5. The second-order valence-corrected chi connectivity index (χ2v) is 11.6. The Labute approximate surface area is 246 Å². The summed E-state index contributed by atoms with van der Waals surface area (Å²) in [6, 6.07) is 4.66. The molecule has 220 valence electrons. The van der Waals surface area contributed by atoms with Crippen LogP contribution in [0.4, 0.5) is 0 Å². The summed E-state index contributed by atoms with van der Waals surface area (Å²) in [4.78, 5) is 29.6. The number of phenols is 2. The molecule has 43 heavy (non-hydrogen) atoms. The molecule has 0 atom stereocenters. The van der Waals surface area contributed by atoms with E-state index in [1.807, 2.05) is 34.0 Å². The number of rotatable bonds is 7. The summed E-state index contributed by atoms with van der Waals surface area (Å²) in [7, 11) is 8.45. The molecule has 9 nitrogen and oxygen atoms in total. The summed E-state index contributed by atoms with van der Waals surface area (Å²) in [5, 5.41) is 29.6. The van der Waals surface area contributed by atoms with Crippen molar-refractivity contribution in [3.05, 3.63) is 49.9 Å². The molecule has 0 amide bonds. The van der Waals surface area contributed by atoms with Gasteiger partial charge in [-0.15, -0.1) is 0 Å². The lowest BCUT2D eigenvalue weighted by Gasteiger charge is -2.21. The largest absolute Gasteiger partial charge is 0.505 e. The zero-order valence-corrected chi connectivity index (χ0v) is 25.2. The van der Waals surface area contributed by atoms with Gasteiger partial charge < -0.3 is 33.9 Å². The smallest absolute Gasteiger partial charge is 0.194 e. The zero-order chi connectivity index (χ0) is 30.6. The van der Waals surface area contributed by atoms with Crippen LogP contribution in [0.2, 0.25) is 0 Å². The molecule has 0 spiro atoms. The molecule has 2 N–H and O–H groups in total. The van der Waals surface area contributed by atoms with Gasteiger partial charge in [0.15, 0.2) is 28.1 Å². The van der Waals surface area contributed by atoms with Crippen molar-refractivity contribution in [2.24, 2.45) is 0 Å². The van der Waals surface area contributed by atoms with E-state index in [0.717, 1.165) is 35.0 Å². The molecule has 0 radical (unpaired) electrons. The molecule has 0 bridgehead atoms. The Morgan fingerprint density at radius 1 is 0.698 bits per heavy atom. The fraction of sp³-hybridized carbons (Fsp3) is 0.294. The molecule has 7 aromatic rings. The van der Waals surface area contributed by atoms with Crippen molar-refractivity contribution in [2.45, 2.75) is 26.8 Å². The van der Waals surface area contributed by atoms with Crippen molar-refractivity contribution >= 4 is 64.8 Å². The van der Waals surface area contributed by atoms with Crippen LogP contribution >= 0.6 is 0 Å². The number of hydrogen-bond donors (Lipinski definition) is 2. The van der Waals surface area contributed by atoms with E-state index in [1.54, 1.807) is 0 Å². The Kier molecular flexibility index (Phi) is 5.75. The molecule has 0 aliphatic carbocycles. The van der Waals surface area contributed by atoms with Gasteiger partial charge in [-0.3, -0.25) is 9.59 Å². The molecule has 1 aromatic heterocycles. The van der Waals surface area contributed by atoms with Crippen LogP contribution in [0.15, 0.2) is 27.8 Å². The van der Waals surface area contributed by atoms with Gasteiger partial charge in [0.25, 0.3) is 0 Å². The number of aryl methyl sites for hydroxylation is 3. The van der Waals surface area contributed by atoms with Gasteiger partial charge in [-0.05, 0) is 52.5 Å². The number of nitrogens with zero attached hydrogens (tertiary/aromatic N) is 2. The maximum Gasteiger partial charge on any atom is 0.194 e. The van der Waals surface area contributed by atoms with E-state index in [0.29, 0.717) is 49.8 Å². The number of methoxy groups -OCH3 is 3. The maximum atomic E-state index is 13.9. The van der Waals surface area contributed by atoms with E-state index >= 15 is 0 Å². The molecule has 0 saturated heterocycles. The van der Waals surface area contributed by atoms with Crippen LogP contribution in [0.1, 0.15) is 17.7 Å². The van der Waals surface area contributed by atoms with E-state index in [2.05, 4.69) is 9.47 Å². The fourth-order valence-electron chi connectivity index (χ4n) is 7.47. The lowest BCUT2D eigenvalue weighted by atomic mass is 9.85. The molecule has 9 heteroatoms. The first-order chi connectivity index (χ1) is 20.6. The average molecular weight is 581 g/mol. The number of fused-ring (bicyclic) bond motifs is 1. The molecule has 0 aliphatic heterocycles. The normalized spacial score (nSPS) is 12.5. The molecule has 1 heterocycles. The Hall–Kier alpha value is -4.76. The van der Waals surface area contributed by atoms with Crippen LogP contribution in [0, 0.1) is 13.8 Å². The van der Waals surface area contributed by atoms with Crippen molar-refractivity contribution in [3.63, 3.8) is 0 Å². The van der Waals surface area contributed by atoms with Crippen LogP contribution < -0.4 is 25.1 Å². The first-order valence-electron chi connectivity index (χ1n) is 14.1. The number of phenolic OH excluding ortho intramolecular Hbond substituents is 2. The van der Waals surface area contributed by atoms with Crippen molar-refractivity contribution in [1.82, 2.24) is 9.47 Å². The van der Waals surface area contributed by atoms with E-state index in [4.69, 9.17) is 14.2 Å². The van der Waals surface area contributed by atoms with Crippen molar-refractivity contribution in [3.8, 4) is 28.7 Å². The number of aromatic nitrogens is 1. The highest BCUT2D eigenvalue weighted by molar-refractivity contribution is 6.46. The van der Waals surface area contributed by atoms with E-state index in [1.165, 1.54) is 33.5 Å². The minimum atomic E-state index is -0.425. The third-order valence-electron chi connectivity index (χ3n) is 9.10. The van der Waals surface area contributed by atoms with Gasteiger partial charge in [0.2, 0.25) is 0 Å². The van der Waals surface area contributed by atoms with Gasteiger partial charge in [-0.25, -0.2) is 0 Å². The van der Waals surface area contributed by atoms with Gasteiger partial charge >= 0.3 is 0 Å². The predicted molar refractivity (Wildman–Crippen MR) is 171 cm³/mol. The Morgan fingerprint density at radius 3 is 1.81 bits per heavy atom. The molecule has 0 saturated carbocycles. The van der Waals surface area contributed by atoms with Crippen LogP contribution in [-0.2, 0) is 6.54 Å². The van der Waals surface area contributed by atoms with E-state index < -0.39 is 5.43 Å². The summed E-state index contributed by atoms with van der Waals surface area (Å²) in [5.74, 6) is 0.365. The van der Waals surface area contributed by atoms with Gasteiger partial charge in [-0.1, -0.05) is 0 Å². The van der Waals surface area contributed by atoms with Crippen LogP contribution in [-0.4, -0.2) is 61.6 Å². The first-order valence-corrected chi connectivity index (χ1v) is 14.1. The minimum absolute atomic E-state index is 0.0938. The summed E-state index contributed by atoms with van der Waals surface area (Å²) >= 11 is 0. The summed E-state index contributed by atoms with van der Waals surface area (Å²) in [5.41, 5.74) is 1.60. The van der Waals surface area contributed by atoms with Crippen molar-refractivity contribution in [1.29, 1.82) is 0 Å². The highest BCUT2D eigenvalue weighted by Gasteiger charge is 2.32. The second kappa shape index (κ2) is 9.12. The Morgan fingerprint density at radius 2 is 1.26 bits per heavy atom. The van der Waals surface area contributed by atoms with Crippen molar-refractivity contribution in [2.75, 3.05) is 42.0 Å². The minimum Gasteiger partial charge on any atom is -0.505 e. The average Bonchev–Trinajstić information content (AvgIpc) is 3.18. The number of aromatic hydroxyl groups is 2. The summed E-state index contributed by atoms with van der Waals surface area (Å²) in [6.45, 7) is 5.48. The Balaban J connectivity index is 1.94. The lowest BCUT2D eigenvalue weighted by Crippen LogP contribution is -2.15. The quantitative estimate of drug-likeness (QED) is 0.189. The predicted octanol–water partition coefficient (Wildman–Crippen LogP) is 5.45. The number of ether oxygens (including phenoxy) is 3. The van der Waals surface area contributed by atoms with Crippen molar-refractivity contribution < 1.29 is 24.4 Å². The molecule has 0 aliphatic rings. The molecule has 0 fully saturated rings. The fourth-order valence-corrected chi connectivity index (χ4v) is 7.47. The van der Waals surface area contributed by atoms with Gasteiger partial charge in [-0.2, -0.15) is 0 Å². The van der Waals surface area contributed by atoms with Crippen LogP contribution in [0.3, 0.4) is 0 Å². The van der Waals surface area contributed by atoms with E-state index in [-0.39, 0.29) is 44.9 Å². The third kappa shape index (κ3) is 3.25. The van der Waals surface area contributed by atoms with E-state index in [9.17, 15) is 19.8 Å².